The summed E-state index contributed by atoms with van der Waals surface area (Å²) in [4.78, 5) is 32.3. The largest absolute Gasteiger partial charge is 0.462 e. The topological polar surface area (TPSA) is 110 Å². The van der Waals surface area contributed by atoms with E-state index in [0.29, 0.717) is 40.6 Å². The fourth-order valence-corrected chi connectivity index (χ4v) is 3.95. The number of carbonyl (C=O) groups excluding carboxylic acids is 2. The maximum atomic E-state index is 12.8. The van der Waals surface area contributed by atoms with Crippen LogP contribution in [0, 0.1) is 0 Å². The number of ether oxygens (including phenoxy) is 1. The van der Waals surface area contributed by atoms with Gasteiger partial charge in [0.15, 0.2) is 5.65 Å². The number of fused-ring (bicyclic) bond motifs is 3. The van der Waals surface area contributed by atoms with E-state index in [1.807, 2.05) is 31.2 Å². The van der Waals surface area contributed by atoms with Crippen molar-refractivity contribution < 1.29 is 14.3 Å². The fourth-order valence-electron chi connectivity index (χ4n) is 3.13. The van der Waals surface area contributed by atoms with E-state index >= 15 is 0 Å². The third-order valence-electron chi connectivity index (χ3n) is 4.68. The van der Waals surface area contributed by atoms with Crippen LogP contribution >= 0.6 is 11.8 Å². The Bertz CT molecular complexity index is 1240. The molecule has 0 saturated carbocycles. The molecule has 0 spiro atoms. The summed E-state index contributed by atoms with van der Waals surface area (Å²) >= 11 is 1.26. The molecule has 0 fully saturated rings. The van der Waals surface area contributed by atoms with Crippen LogP contribution < -0.4 is 5.32 Å². The second-order valence-corrected chi connectivity index (χ2v) is 7.93. The Morgan fingerprint density at radius 3 is 2.61 bits per heavy atom. The molecule has 158 valence electrons. The third kappa shape index (κ3) is 4.51. The molecule has 0 bridgehead atoms. The van der Waals surface area contributed by atoms with Crippen molar-refractivity contribution in [2.45, 2.75) is 30.7 Å². The number of para-hydroxylation sites is 1. The van der Waals surface area contributed by atoms with Crippen LogP contribution in [-0.2, 0) is 9.53 Å². The van der Waals surface area contributed by atoms with Crippen LogP contribution in [0.25, 0.3) is 22.1 Å². The average molecular weight is 436 g/mol. The van der Waals surface area contributed by atoms with Crippen LogP contribution in [0.4, 0.5) is 5.69 Å². The zero-order chi connectivity index (χ0) is 21.8. The lowest BCUT2D eigenvalue weighted by Crippen LogP contribution is -2.25. The number of thioether (sulfide) groups is 1. The van der Waals surface area contributed by atoms with E-state index in [1.54, 1.807) is 31.2 Å². The molecule has 1 amide bonds. The Morgan fingerprint density at radius 1 is 1.10 bits per heavy atom. The quantitative estimate of drug-likeness (QED) is 0.331. The molecule has 0 radical (unpaired) electrons. The Morgan fingerprint density at radius 2 is 1.87 bits per heavy atom. The molecule has 1 unspecified atom stereocenters. The van der Waals surface area contributed by atoms with Gasteiger partial charge in [-0.25, -0.2) is 9.78 Å². The lowest BCUT2D eigenvalue weighted by Gasteiger charge is -2.13. The van der Waals surface area contributed by atoms with E-state index < -0.39 is 5.25 Å². The Kier molecular flexibility index (Phi) is 6.13. The Balaban J connectivity index is 1.46. The number of rotatable bonds is 7. The van der Waals surface area contributed by atoms with Crippen molar-refractivity contribution in [2.75, 3.05) is 11.9 Å². The highest BCUT2D eigenvalue weighted by atomic mass is 32.2. The molecule has 0 aliphatic carbocycles. The van der Waals surface area contributed by atoms with Gasteiger partial charge in [0.05, 0.1) is 17.4 Å². The molecule has 0 aliphatic heterocycles. The summed E-state index contributed by atoms with van der Waals surface area (Å²) < 4.78 is 4.97. The number of esters is 1. The molecule has 0 saturated heterocycles. The predicted octanol–water partition coefficient (Wildman–Crippen LogP) is 4.19. The van der Waals surface area contributed by atoms with Crippen molar-refractivity contribution in [2.24, 2.45) is 0 Å². The Hall–Kier alpha value is -3.46. The summed E-state index contributed by atoms with van der Waals surface area (Å²) in [6, 6.07) is 14.4. The number of hydrogen-bond acceptors (Lipinski definition) is 7. The predicted molar refractivity (Wildman–Crippen MR) is 120 cm³/mol. The van der Waals surface area contributed by atoms with Crippen LogP contribution in [0.3, 0.4) is 0 Å². The van der Waals surface area contributed by atoms with Gasteiger partial charge in [-0.15, -0.1) is 10.2 Å². The summed E-state index contributed by atoms with van der Waals surface area (Å²) in [7, 11) is 0. The molecule has 4 rings (SSSR count). The van der Waals surface area contributed by atoms with Gasteiger partial charge in [-0.1, -0.05) is 36.9 Å². The number of benzene rings is 2. The van der Waals surface area contributed by atoms with Gasteiger partial charge in [-0.3, -0.25) is 4.79 Å². The van der Waals surface area contributed by atoms with E-state index in [2.05, 4.69) is 25.5 Å². The number of aromatic nitrogens is 4. The van der Waals surface area contributed by atoms with Gasteiger partial charge < -0.3 is 15.0 Å². The van der Waals surface area contributed by atoms with Gasteiger partial charge in [-0.05, 0) is 43.7 Å². The van der Waals surface area contributed by atoms with Crippen LogP contribution in [0.15, 0.2) is 53.7 Å². The summed E-state index contributed by atoms with van der Waals surface area (Å²) in [5.41, 5.74) is 3.33. The highest BCUT2D eigenvalue weighted by molar-refractivity contribution is 8.00. The summed E-state index contributed by atoms with van der Waals surface area (Å²) in [5, 5.41) is 12.4. The van der Waals surface area contributed by atoms with Crippen molar-refractivity contribution in [1.29, 1.82) is 0 Å². The minimum absolute atomic E-state index is 0.170. The molecular formula is C22H21N5O3S. The first-order valence-corrected chi connectivity index (χ1v) is 10.8. The molecule has 2 aromatic heterocycles. The maximum Gasteiger partial charge on any atom is 0.338 e. The van der Waals surface area contributed by atoms with Crippen molar-refractivity contribution in [1.82, 2.24) is 20.2 Å². The number of aromatic amines is 1. The van der Waals surface area contributed by atoms with Gasteiger partial charge in [0.1, 0.15) is 5.52 Å². The van der Waals surface area contributed by atoms with Gasteiger partial charge >= 0.3 is 5.97 Å². The number of nitrogens with zero attached hydrogens (tertiary/aromatic N) is 3. The minimum atomic E-state index is -0.395. The highest BCUT2D eigenvalue weighted by Gasteiger charge is 2.21. The van der Waals surface area contributed by atoms with Crippen LogP contribution in [0.2, 0.25) is 0 Å². The standard InChI is InChI=1S/C22H21N5O3S/c1-3-17(20(28)23-14-11-9-13(10-12-14)21(29)30-4-2)31-22-25-19-18(26-27-22)15-7-5-6-8-16(15)24-19/h5-12,17H,3-4H2,1-2H3,(H,23,28)(H,24,25,27). The van der Waals surface area contributed by atoms with E-state index in [4.69, 9.17) is 4.74 Å². The van der Waals surface area contributed by atoms with Crippen LogP contribution in [0.5, 0.6) is 0 Å². The molecule has 4 aromatic rings. The van der Waals surface area contributed by atoms with Crippen LogP contribution in [-0.4, -0.2) is 43.9 Å². The minimum Gasteiger partial charge on any atom is -0.462 e. The second kappa shape index (κ2) is 9.13. The molecule has 31 heavy (non-hydrogen) atoms. The zero-order valence-corrected chi connectivity index (χ0v) is 17.9. The summed E-state index contributed by atoms with van der Waals surface area (Å²) in [5.74, 6) is -0.559. The third-order valence-corrected chi connectivity index (χ3v) is 5.89. The van der Waals surface area contributed by atoms with Crippen molar-refractivity contribution in [3.8, 4) is 0 Å². The molecule has 2 heterocycles. The fraction of sp³-hybridized carbons (Fsp3) is 0.227. The molecule has 2 N–H and O–H groups in total. The van der Waals surface area contributed by atoms with E-state index in [1.165, 1.54) is 11.8 Å². The number of anilines is 1. The van der Waals surface area contributed by atoms with Gasteiger partial charge in [0.2, 0.25) is 11.1 Å². The first-order valence-electron chi connectivity index (χ1n) is 9.95. The molecule has 2 aromatic carbocycles. The number of carbonyl (C=O) groups is 2. The van der Waals surface area contributed by atoms with Crippen LogP contribution in [0.1, 0.15) is 30.6 Å². The number of amides is 1. The SMILES string of the molecule is CCOC(=O)c1ccc(NC(=O)C(CC)Sc2nnc3c(n2)[nH]c2ccccc23)cc1. The van der Waals surface area contributed by atoms with E-state index in [0.717, 1.165) is 10.9 Å². The second-order valence-electron chi connectivity index (χ2n) is 6.76. The first kappa shape index (κ1) is 20.8. The first-order chi connectivity index (χ1) is 15.1. The van der Waals surface area contributed by atoms with Crippen molar-refractivity contribution in [3.05, 3.63) is 54.1 Å². The summed E-state index contributed by atoms with van der Waals surface area (Å²) in [6.45, 7) is 3.99. The molecular weight excluding hydrogens is 414 g/mol. The highest BCUT2D eigenvalue weighted by Crippen LogP contribution is 2.27. The molecule has 0 aliphatic rings. The zero-order valence-electron chi connectivity index (χ0n) is 17.1. The maximum absolute atomic E-state index is 12.8. The summed E-state index contributed by atoms with van der Waals surface area (Å²) in [6.07, 6.45) is 0.589. The van der Waals surface area contributed by atoms with Crippen molar-refractivity contribution >= 4 is 51.4 Å². The van der Waals surface area contributed by atoms with E-state index in [-0.39, 0.29) is 11.9 Å². The monoisotopic (exact) mass is 435 g/mol. The van der Waals surface area contributed by atoms with Crippen molar-refractivity contribution in [3.63, 3.8) is 0 Å². The number of hydrogen-bond donors (Lipinski definition) is 2. The number of H-pyrrole nitrogens is 1. The molecule has 1 atom stereocenters. The average Bonchev–Trinajstić information content (AvgIpc) is 3.15. The molecule has 8 nitrogen and oxygen atoms in total. The molecule has 9 heteroatoms. The smallest absolute Gasteiger partial charge is 0.338 e. The normalized spacial score (nSPS) is 12.1. The Labute approximate surface area is 182 Å². The van der Waals surface area contributed by atoms with Gasteiger partial charge in [0.25, 0.3) is 0 Å². The lowest BCUT2D eigenvalue weighted by atomic mass is 10.2. The van der Waals surface area contributed by atoms with Gasteiger partial charge in [-0.2, -0.15) is 0 Å². The lowest BCUT2D eigenvalue weighted by molar-refractivity contribution is -0.115. The van der Waals surface area contributed by atoms with E-state index in [9.17, 15) is 9.59 Å². The number of nitrogens with one attached hydrogen (secondary N) is 2. The van der Waals surface area contributed by atoms with Gasteiger partial charge in [0, 0.05) is 16.6 Å².